The fraction of sp³-hybridized carbons (Fsp3) is 0.647. The van der Waals surface area contributed by atoms with E-state index in [1.807, 2.05) is 0 Å². The minimum atomic E-state index is -0.0872. The Morgan fingerprint density at radius 1 is 1.36 bits per heavy atom. The summed E-state index contributed by atoms with van der Waals surface area (Å²) in [5, 5.41) is 3.01. The van der Waals surface area contributed by atoms with Gasteiger partial charge in [0.15, 0.2) is 0 Å². The average Bonchev–Trinajstić information content (AvgIpc) is 3.08. The number of hydrogen-bond donors (Lipinski definition) is 1. The second-order valence-electron chi connectivity index (χ2n) is 5.95. The SMILES string of the molecule is CCCCCCNC(=O)[C@H]1CCCN(C(=O)c2ccoc2)C1. The van der Waals surface area contributed by atoms with Crippen molar-refractivity contribution in [3.8, 4) is 0 Å². The lowest BCUT2D eigenvalue weighted by Crippen LogP contribution is -2.45. The van der Waals surface area contributed by atoms with E-state index in [-0.39, 0.29) is 17.7 Å². The number of piperidine rings is 1. The summed E-state index contributed by atoms with van der Waals surface area (Å²) in [5.41, 5.74) is 0.556. The molecule has 1 N–H and O–H groups in total. The molecule has 5 heteroatoms. The van der Waals surface area contributed by atoms with E-state index in [9.17, 15) is 9.59 Å². The van der Waals surface area contributed by atoms with Crippen molar-refractivity contribution < 1.29 is 14.0 Å². The highest BCUT2D eigenvalue weighted by atomic mass is 16.3. The lowest BCUT2D eigenvalue weighted by molar-refractivity contribution is -0.126. The summed E-state index contributed by atoms with van der Waals surface area (Å²) in [6.07, 6.45) is 9.29. The number of amides is 2. The van der Waals surface area contributed by atoms with Crippen molar-refractivity contribution in [3.63, 3.8) is 0 Å². The summed E-state index contributed by atoms with van der Waals surface area (Å²) in [6, 6.07) is 1.67. The minimum Gasteiger partial charge on any atom is -0.472 e. The minimum absolute atomic E-state index is 0.0470. The molecule has 1 aromatic rings. The summed E-state index contributed by atoms with van der Waals surface area (Å²) in [5.74, 6) is -0.0498. The van der Waals surface area contributed by atoms with E-state index in [4.69, 9.17) is 4.42 Å². The molecular formula is C17H26N2O3. The van der Waals surface area contributed by atoms with E-state index in [1.54, 1.807) is 11.0 Å². The zero-order valence-electron chi connectivity index (χ0n) is 13.3. The standard InChI is InChI=1S/C17H26N2O3/c1-2-3-4-5-9-18-16(20)14-7-6-10-19(12-14)17(21)15-8-11-22-13-15/h8,11,13-14H,2-7,9-10,12H2,1H3,(H,18,20)/t14-/m0/s1. The first-order valence-electron chi connectivity index (χ1n) is 8.31. The normalized spacial score (nSPS) is 18.2. The molecule has 22 heavy (non-hydrogen) atoms. The topological polar surface area (TPSA) is 62.6 Å². The molecular weight excluding hydrogens is 280 g/mol. The summed E-state index contributed by atoms with van der Waals surface area (Å²) in [6.45, 7) is 4.13. The van der Waals surface area contributed by atoms with Crippen LogP contribution in [0.5, 0.6) is 0 Å². The second-order valence-corrected chi connectivity index (χ2v) is 5.95. The second kappa shape index (κ2) is 8.61. The Labute approximate surface area is 132 Å². The van der Waals surface area contributed by atoms with Crippen molar-refractivity contribution in [2.24, 2.45) is 5.92 Å². The molecule has 1 saturated heterocycles. The Morgan fingerprint density at radius 3 is 2.95 bits per heavy atom. The van der Waals surface area contributed by atoms with E-state index in [0.717, 1.165) is 32.2 Å². The van der Waals surface area contributed by atoms with Crippen LogP contribution in [-0.4, -0.2) is 36.3 Å². The number of nitrogens with one attached hydrogen (secondary N) is 1. The number of furan rings is 1. The Hall–Kier alpha value is -1.78. The zero-order chi connectivity index (χ0) is 15.8. The Kier molecular flexibility index (Phi) is 6.49. The molecule has 5 nitrogen and oxygen atoms in total. The molecule has 0 aliphatic carbocycles. The van der Waals surface area contributed by atoms with Gasteiger partial charge in [-0.25, -0.2) is 0 Å². The number of unbranched alkanes of at least 4 members (excludes halogenated alkanes) is 3. The third-order valence-corrected chi connectivity index (χ3v) is 4.18. The van der Waals surface area contributed by atoms with Crippen LogP contribution in [0.4, 0.5) is 0 Å². The Bertz CT molecular complexity index is 470. The maximum atomic E-state index is 12.3. The van der Waals surface area contributed by atoms with Crippen molar-refractivity contribution in [2.75, 3.05) is 19.6 Å². The molecule has 0 bridgehead atoms. The van der Waals surface area contributed by atoms with Crippen LogP contribution in [-0.2, 0) is 4.79 Å². The first kappa shape index (κ1) is 16.6. The molecule has 122 valence electrons. The number of carbonyl (C=O) groups excluding carboxylic acids is 2. The van der Waals surface area contributed by atoms with Crippen molar-refractivity contribution in [1.82, 2.24) is 10.2 Å². The monoisotopic (exact) mass is 306 g/mol. The first-order chi connectivity index (χ1) is 10.7. The van der Waals surface area contributed by atoms with Gasteiger partial charge in [0.05, 0.1) is 17.7 Å². The summed E-state index contributed by atoms with van der Waals surface area (Å²) in [4.78, 5) is 26.3. The van der Waals surface area contributed by atoms with Crippen LogP contribution < -0.4 is 5.32 Å². The first-order valence-corrected chi connectivity index (χ1v) is 8.31. The van der Waals surface area contributed by atoms with Gasteiger partial charge < -0.3 is 14.6 Å². The van der Waals surface area contributed by atoms with Crippen molar-refractivity contribution in [3.05, 3.63) is 24.2 Å². The van der Waals surface area contributed by atoms with Gasteiger partial charge >= 0.3 is 0 Å². The van der Waals surface area contributed by atoms with Crippen LogP contribution >= 0.6 is 0 Å². The fourth-order valence-electron chi connectivity index (χ4n) is 2.85. The van der Waals surface area contributed by atoms with Crippen LogP contribution in [0.3, 0.4) is 0 Å². The van der Waals surface area contributed by atoms with Crippen LogP contribution in [0, 0.1) is 5.92 Å². The molecule has 0 unspecified atom stereocenters. The Balaban J connectivity index is 1.77. The van der Waals surface area contributed by atoms with Gasteiger partial charge in [0, 0.05) is 19.6 Å². The van der Waals surface area contributed by atoms with E-state index < -0.39 is 0 Å². The maximum Gasteiger partial charge on any atom is 0.257 e. The van der Waals surface area contributed by atoms with E-state index in [0.29, 0.717) is 18.7 Å². The van der Waals surface area contributed by atoms with Gasteiger partial charge in [-0.15, -0.1) is 0 Å². The van der Waals surface area contributed by atoms with E-state index in [1.165, 1.54) is 25.4 Å². The predicted octanol–water partition coefficient (Wildman–Crippen LogP) is 2.83. The molecule has 1 fully saturated rings. The molecule has 1 aromatic heterocycles. The van der Waals surface area contributed by atoms with Gasteiger partial charge in [0.1, 0.15) is 6.26 Å². The lowest BCUT2D eigenvalue weighted by atomic mass is 9.96. The van der Waals surface area contributed by atoms with Crippen LogP contribution in [0.25, 0.3) is 0 Å². The summed E-state index contributed by atoms with van der Waals surface area (Å²) >= 11 is 0. The third-order valence-electron chi connectivity index (χ3n) is 4.18. The average molecular weight is 306 g/mol. The molecule has 2 amide bonds. The van der Waals surface area contributed by atoms with Crippen LogP contribution in [0.15, 0.2) is 23.0 Å². The Morgan fingerprint density at radius 2 is 2.23 bits per heavy atom. The molecule has 0 saturated carbocycles. The van der Waals surface area contributed by atoms with Gasteiger partial charge in [-0.05, 0) is 25.3 Å². The molecule has 2 rings (SSSR count). The highest BCUT2D eigenvalue weighted by Crippen LogP contribution is 2.19. The van der Waals surface area contributed by atoms with Gasteiger partial charge in [-0.2, -0.15) is 0 Å². The lowest BCUT2D eigenvalue weighted by Gasteiger charge is -2.31. The van der Waals surface area contributed by atoms with E-state index in [2.05, 4.69) is 12.2 Å². The fourth-order valence-corrected chi connectivity index (χ4v) is 2.85. The number of likely N-dealkylation sites (tertiary alicyclic amines) is 1. The highest BCUT2D eigenvalue weighted by molar-refractivity contribution is 5.94. The number of hydrogen-bond acceptors (Lipinski definition) is 3. The van der Waals surface area contributed by atoms with Gasteiger partial charge in [-0.1, -0.05) is 26.2 Å². The molecule has 1 aliphatic heterocycles. The molecule has 0 radical (unpaired) electrons. The molecule has 1 aliphatic rings. The summed E-state index contributed by atoms with van der Waals surface area (Å²) < 4.78 is 4.96. The van der Waals surface area contributed by atoms with Crippen molar-refractivity contribution >= 4 is 11.8 Å². The smallest absolute Gasteiger partial charge is 0.257 e. The van der Waals surface area contributed by atoms with Crippen LogP contribution in [0.1, 0.15) is 55.8 Å². The molecule has 2 heterocycles. The van der Waals surface area contributed by atoms with Gasteiger partial charge in [0.25, 0.3) is 5.91 Å². The summed E-state index contributed by atoms with van der Waals surface area (Å²) in [7, 11) is 0. The van der Waals surface area contributed by atoms with Gasteiger partial charge in [0.2, 0.25) is 5.91 Å². The largest absolute Gasteiger partial charge is 0.472 e. The van der Waals surface area contributed by atoms with Crippen LogP contribution in [0.2, 0.25) is 0 Å². The van der Waals surface area contributed by atoms with Gasteiger partial charge in [-0.3, -0.25) is 9.59 Å². The highest BCUT2D eigenvalue weighted by Gasteiger charge is 2.28. The van der Waals surface area contributed by atoms with Crippen molar-refractivity contribution in [2.45, 2.75) is 45.4 Å². The van der Waals surface area contributed by atoms with Crippen molar-refractivity contribution in [1.29, 1.82) is 0 Å². The maximum absolute atomic E-state index is 12.3. The number of rotatable bonds is 7. The molecule has 0 aromatic carbocycles. The predicted molar refractivity (Wildman–Crippen MR) is 84.5 cm³/mol. The van der Waals surface area contributed by atoms with E-state index >= 15 is 0 Å². The quantitative estimate of drug-likeness (QED) is 0.788. The number of carbonyl (C=O) groups is 2. The third kappa shape index (κ3) is 4.61. The number of nitrogens with zero attached hydrogens (tertiary/aromatic N) is 1. The molecule has 1 atom stereocenters. The zero-order valence-corrected chi connectivity index (χ0v) is 13.3. The molecule has 0 spiro atoms.